The van der Waals surface area contributed by atoms with Crippen LogP contribution in [0.4, 0.5) is 0 Å². The number of nitrogens with one attached hydrogen (secondary N) is 1. The Balaban J connectivity index is 2.32. The summed E-state index contributed by atoms with van der Waals surface area (Å²) in [6.07, 6.45) is 0. The van der Waals surface area contributed by atoms with Gasteiger partial charge in [0.15, 0.2) is 0 Å². The third-order valence-electron chi connectivity index (χ3n) is 2.59. The lowest BCUT2D eigenvalue weighted by Crippen LogP contribution is -2.11. The molecule has 0 aliphatic rings. The Morgan fingerprint density at radius 3 is 2.63 bits per heavy atom. The Morgan fingerprint density at radius 2 is 2.00 bits per heavy atom. The molecule has 0 saturated heterocycles. The minimum atomic E-state index is 0.00216. The van der Waals surface area contributed by atoms with Crippen molar-refractivity contribution in [3.8, 4) is 11.6 Å². The number of amidine groups is 1. The monoisotopic (exact) mass is 319 g/mol. The maximum Gasteiger partial charge on any atom is 0.220 e. The minimum absolute atomic E-state index is 0.00216. The predicted octanol–water partition coefficient (Wildman–Crippen LogP) is 3.54. The first-order chi connectivity index (χ1) is 8.95. The fourth-order valence-electron chi connectivity index (χ4n) is 1.65. The number of ether oxygens (including phenoxy) is 1. The van der Waals surface area contributed by atoms with Gasteiger partial charge >= 0.3 is 0 Å². The summed E-state index contributed by atoms with van der Waals surface area (Å²) in [7, 11) is 0. The van der Waals surface area contributed by atoms with Crippen LogP contribution >= 0.6 is 15.9 Å². The van der Waals surface area contributed by atoms with Gasteiger partial charge in [-0.1, -0.05) is 15.9 Å². The van der Waals surface area contributed by atoms with Crippen LogP contribution in [0.3, 0.4) is 0 Å². The molecule has 0 radical (unpaired) electrons. The highest BCUT2D eigenvalue weighted by Crippen LogP contribution is 2.25. The normalized spacial score (nSPS) is 10.3. The number of nitrogens with two attached hydrogens (primary N) is 1. The van der Waals surface area contributed by atoms with Crippen LogP contribution in [-0.4, -0.2) is 10.8 Å². The zero-order chi connectivity index (χ0) is 14.0. The summed E-state index contributed by atoms with van der Waals surface area (Å²) in [5.41, 5.74) is 7.93. The minimum Gasteiger partial charge on any atom is -0.439 e. The van der Waals surface area contributed by atoms with Crippen molar-refractivity contribution < 1.29 is 4.74 Å². The van der Waals surface area contributed by atoms with Gasteiger partial charge in [-0.2, -0.15) is 0 Å². The Labute approximate surface area is 120 Å². The number of benzene rings is 1. The van der Waals surface area contributed by atoms with Crippen molar-refractivity contribution >= 4 is 21.8 Å². The molecule has 0 aliphatic carbocycles. The van der Waals surface area contributed by atoms with E-state index in [1.165, 1.54) is 0 Å². The number of hydrogen-bond donors (Lipinski definition) is 2. The molecule has 0 aliphatic heterocycles. The van der Waals surface area contributed by atoms with Crippen molar-refractivity contribution in [1.29, 1.82) is 5.41 Å². The highest BCUT2D eigenvalue weighted by Gasteiger charge is 2.06. The van der Waals surface area contributed by atoms with Crippen molar-refractivity contribution in [2.75, 3.05) is 0 Å². The first-order valence-corrected chi connectivity index (χ1v) is 6.52. The SMILES string of the molecule is Cc1cc(C(=N)N)cc(Oc2ccc(Br)c(C)c2)n1. The van der Waals surface area contributed by atoms with E-state index in [4.69, 9.17) is 15.9 Å². The standard InChI is InChI=1S/C14H14BrN3O/c1-8-5-11(3-4-12(8)15)19-13-7-10(14(16)17)6-9(2)18-13/h3-7H,1-2H3,(H3,16,17). The van der Waals surface area contributed by atoms with Gasteiger partial charge in [0.2, 0.25) is 5.88 Å². The van der Waals surface area contributed by atoms with E-state index in [0.717, 1.165) is 15.7 Å². The number of pyridine rings is 1. The second-order valence-electron chi connectivity index (χ2n) is 4.26. The molecule has 1 aromatic carbocycles. The van der Waals surface area contributed by atoms with Crippen molar-refractivity contribution in [3.63, 3.8) is 0 Å². The molecule has 2 rings (SSSR count). The summed E-state index contributed by atoms with van der Waals surface area (Å²) in [4.78, 5) is 4.28. The average molecular weight is 320 g/mol. The topological polar surface area (TPSA) is 72.0 Å². The molecule has 0 bridgehead atoms. The fraction of sp³-hybridized carbons (Fsp3) is 0.143. The van der Waals surface area contributed by atoms with Crippen molar-refractivity contribution in [3.05, 3.63) is 51.6 Å². The summed E-state index contributed by atoms with van der Waals surface area (Å²) in [6, 6.07) is 9.11. The van der Waals surface area contributed by atoms with Gasteiger partial charge in [0.05, 0.1) is 0 Å². The number of aromatic nitrogens is 1. The van der Waals surface area contributed by atoms with Crippen molar-refractivity contribution in [2.45, 2.75) is 13.8 Å². The third-order valence-corrected chi connectivity index (χ3v) is 3.48. The lowest BCUT2D eigenvalue weighted by Gasteiger charge is -2.09. The van der Waals surface area contributed by atoms with Gasteiger partial charge in [0.25, 0.3) is 0 Å². The summed E-state index contributed by atoms with van der Waals surface area (Å²) >= 11 is 3.44. The zero-order valence-corrected chi connectivity index (χ0v) is 12.3. The first-order valence-electron chi connectivity index (χ1n) is 5.73. The number of hydrogen-bond acceptors (Lipinski definition) is 3. The quantitative estimate of drug-likeness (QED) is 0.671. The molecule has 0 saturated carbocycles. The van der Waals surface area contributed by atoms with Gasteiger partial charge in [-0.25, -0.2) is 4.98 Å². The van der Waals surface area contributed by atoms with E-state index >= 15 is 0 Å². The molecular formula is C14H14BrN3O. The molecule has 1 heterocycles. The molecular weight excluding hydrogens is 306 g/mol. The predicted molar refractivity (Wildman–Crippen MR) is 78.9 cm³/mol. The summed E-state index contributed by atoms with van der Waals surface area (Å²) < 4.78 is 6.73. The van der Waals surface area contributed by atoms with Crippen molar-refractivity contribution in [1.82, 2.24) is 4.98 Å². The molecule has 0 amide bonds. The van der Waals surface area contributed by atoms with Gasteiger partial charge < -0.3 is 10.5 Å². The van der Waals surface area contributed by atoms with Gasteiger partial charge in [-0.15, -0.1) is 0 Å². The lowest BCUT2D eigenvalue weighted by molar-refractivity contribution is 0.461. The van der Waals surface area contributed by atoms with Crippen LogP contribution < -0.4 is 10.5 Å². The molecule has 98 valence electrons. The van der Waals surface area contributed by atoms with Crippen LogP contribution in [0.15, 0.2) is 34.8 Å². The van der Waals surface area contributed by atoms with E-state index in [2.05, 4.69) is 20.9 Å². The van der Waals surface area contributed by atoms with Crippen LogP contribution in [-0.2, 0) is 0 Å². The number of nitrogens with zero attached hydrogens (tertiary/aromatic N) is 1. The van der Waals surface area contributed by atoms with Crippen LogP contribution in [0.5, 0.6) is 11.6 Å². The molecule has 0 unspecified atom stereocenters. The second kappa shape index (κ2) is 5.40. The number of aryl methyl sites for hydroxylation is 2. The lowest BCUT2D eigenvalue weighted by atomic mass is 10.2. The number of nitrogen functional groups attached to an aromatic ring is 1. The summed E-state index contributed by atoms with van der Waals surface area (Å²) in [5.74, 6) is 1.14. The van der Waals surface area contributed by atoms with Crippen LogP contribution in [0, 0.1) is 19.3 Å². The van der Waals surface area contributed by atoms with E-state index in [-0.39, 0.29) is 5.84 Å². The molecule has 19 heavy (non-hydrogen) atoms. The van der Waals surface area contributed by atoms with Gasteiger partial charge in [-0.3, -0.25) is 5.41 Å². The van der Waals surface area contributed by atoms with Crippen molar-refractivity contribution in [2.24, 2.45) is 5.73 Å². The van der Waals surface area contributed by atoms with Gasteiger partial charge in [0, 0.05) is 21.8 Å². The van der Waals surface area contributed by atoms with E-state index in [1.54, 1.807) is 12.1 Å². The van der Waals surface area contributed by atoms with E-state index in [1.807, 2.05) is 32.0 Å². The molecule has 0 spiro atoms. The zero-order valence-electron chi connectivity index (χ0n) is 10.7. The second-order valence-corrected chi connectivity index (χ2v) is 5.12. The molecule has 2 aromatic rings. The molecule has 1 aromatic heterocycles. The largest absolute Gasteiger partial charge is 0.439 e. The maximum absolute atomic E-state index is 7.46. The smallest absolute Gasteiger partial charge is 0.220 e. The van der Waals surface area contributed by atoms with Gasteiger partial charge in [-0.05, 0) is 43.7 Å². The first kappa shape index (κ1) is 13.5. The Hall–Kier alpha value is -1.88. The Morgan fingerprint density at radius 1 is 1.26 bits per heavy atom. The van der Waals surface area contributed by atoms with Crippen LogP contribution in [0.25, 0.3) is 0 Å². The average Bonchev–Trinajstić information content (AvgIpc) is 2.33. The molecule has 5 heteroatoms. The number of rotatable bonds is 3. The maximum atomic E-state index is 7.46. The Kier molecular flexibility index (Phi) is 3.85. The summed E-state index contributed by atoms with van der Waals surface area (Å²) in [6.45, 7) is 3.83. The van der Waals surface area contributed by atoms with E-state index in [0.29, 0.717) is 17.2 Å². The highest BCUT2D eigenvalue weighted by molar-refractivity contribution is 9.10. The molecule has 0 fully saturated rings. The molecule has 4 nitrogen and oxygen atoms in total. The fourth-order valence-corrected chi connectivity index (χ4v) is 1.89. The highest BCUT2D eigenvalue weighted by atomic mass is 79.9. The van der Waals surface area contributed by atoms with E-state index < -0.39 is 0 Å². The van der Waals surface area contributed by atoms with Crippen LogP contribution in [0.1, 0.15) is 16.8 Å². The van der Waals surface area contributed by atoms with E-state index in [9.17, 15) is 0 Å². The number of halogens is 1. The van der Waals surface area contributed by atoms with Crippen LogP contribution in [0.2, 0.25) is 0 Å². The Bertz CT molecular complexity index is 641. The molecule has 3 N–H and O–H groups in total. The summed E-state index contributed by atoms with van der Waals surface area (Å²) in [5, 5.41) is 7.46. The molecule has 0 atom stereocenters. The third kappa shape index (κ3) is 3.32. The van der Waals surface area contributed by atoms with Gasteiger partial charge in [0.1, 0.15) is 11.6 Å².